The Morgan fingerprint density at radius 2 is 1.64 bits per heavy atom. The first-order chi connectivity index (χ1) is 11.7. The number of carbonyl (C=O) groups excluding carboxylic acids is 2. The maximum Gasteiger partial charge on any atom is 0.272 e. The van der Waals surface area contributed by atoms with Gasteiger partial charge in [0.1, 0.15) is 0 Å². The summed E-state index contributed by atoms with van der Waals surface area (Å²) in [6.45, 7) is 7.64. The maximum atomic E-state index is 12.9. The highest BCUT2D eigenvalue weighted by Gasteiger charge is 2.30. The van der Waals surface area contributed by atoms with Crippen LogP contribution in [0.3, 0.4) is 0 Å². The van der Waals surface area contributed by atoms with Crippen molar-refractivity contribution >= 4 is 23.4 Å². The number of nitrogens with one attached hydrogen (secondary N) is 1. The van der Waals surface area contributed by atoms with E-state index in [2.05, 4.69) is 12.3 Å². The molecule has 2 amide bonds. The van der Waals surface area contributed by atoms with Gasteiger partial charge in [-0.1, -0.05) is 42.8 Å². The minimum atomic E-state index is -0.600. The molecule has 0 spiro atoms. The van der Waals surface area contributed by atoms with Gasteiger partial charge in [0.25, 0.3) is 11.8 Å². The van der Waals surface area contributed by atoms with E-state index in [1.165, 1.54) is 5.01 Å². The standard InChI is InChI=1S/C20H23ClN2O2/c1-5-14-10-12-15(13-11-14)19(25)23(20(2,3)4)22-18(24)16-8-6-7-9-17(16)21/h6-13H,5H2,1-4H3,(H,22,24). The average molecular weight is 359 g/mol. The molecule has 4 nitrogen and oxygen atoms in total. The summed E-state index contributed by atoms with van der Waals surface area (Å²) in [5.74, 6) is -0.686. The molecule has 0 aliphatic carbocycles. The van der Waals surface area contributed by atoms with Gasteiger partial charge in [-0.3, -0.25) is 15.0 Å². The summed E-state index contributed by atoms with van der Waals surface area (Å²) in [4.78, 5) is 25.5. The predicted octanol–water partition coefficient (Wildman–Crippen LogP) is 4.49. The normalized spacial score (nSPS) is 11.1. The van der Waals surface area contributed by atoms with Gasteiger partial charge >= 0.3 is 0 Å². The number of hydrogen-bond donors (Lipinski definition) is 1. The van der Waals surface area contributed by atoms with Crippen molar-refractivity contribution < 1.29 is 9.59 Å². The molecule has 132 valence electrons. The Morgan fingerprint density at radius 3 is 2.16 bits per heavy atom. The largest absolute Gasteiger partial charge is 0.272 e. The summed E-state index contributed by atoms with van der Waals surface area (Å²) in [5, 5.41) is 1.69. The second-order valence-corrected chi connectivity index (χ2v) is 7.19. The fraction of sp³-hybridized carbons (Fsp3) is 0.300. The van der Waals surface area contributed by atoms with Crippen LogP contribution in [-0.2, 0) is 6.42 Å². The van der Waals surface area contributed by atoms with Crippen LogP contribution in [-0.4, -0.2) is 22.4 Å². The van der Waals surface area contributed by atoms with Gasteiger partial charge in [0.05, 0.1) is 16.1 Å². The Balaban J connectivity index is 2.28. The summed E-state index contributed by atoms with van der Waals surface area (Å²) < 4.78 is 0. The van der Waals surface area contributed by atoms with Crippen molar-refractivity contribution in [3.63, 3.8) is 0 Å². The second kappa shape index (κ2) is 7.70. The highest BCUT2D eigenvalue weighted by atomic mass is 35.5. The van der Waals surface area contributed by atoms with Crippen molar-refractivity contribution in [2.45, 2.75) is 39.7 Å². The molecular weight excluding hydrogens is 336 g/mol. The molecule has 2 aromatic rings. The first-order valence-corrected chi connectivity index (χ1v) is 8.61. The summed E-state index contributed by atoms with van der Waals surface area (Å²) in [6.07, 6.45) is 0.903. The predicted molar refractivity (Wildman–Crippen MR) is 101 cm³/mol. The zero-order valence-corrected chi connectivity index (χ0v) is 15.7. The van der Waals surface area contributed by atoms with Crippen LogP contribution in [0.5, 0.6) is 0 Å². The van der Waals surface area contributed by atoms with Gasteiger partial charge < -0.3 is 0 Å². The van der Waals surface area contributed by atoms with Gasteiger partial charge in [0.15, 0.2) is 0 Å². The van der Waals surface area contributed by atoms with Gasteiger partial charge in [-0.25, -0.2) is 5.01 Å². The number of halogens is 1. The van der Waals surface area contributed by atoms with Crippen LogP contribution < -0.4 is 5.43 Å². The fourth-order valence-corrected chi connectivity index (χ4v) is 2.56. The summed E-state index contributed by atoms with van der Waals surface area (Å²) in [7, 11) is 0. The second-order valence-electron chi connectivity index (χ2n) is 6.78. The van der Waals surface area contributed by atoms with Crippen LogP contribution in [0, 0.1) is 0 Å². The lowest BCUT2D eigenvalue weighted by atomic mass is 10.0. The lowest BCUT2D eigenvalue weighted by molar-refractivity contribution is 0.0358. The topological polar surface area (TPSA) is 49.4 Å². The maximum absolute atomic E-state index is 12.9. The average Bonchev–Trinajstić information content (AvgIpc) is 2.58. The number of hydrazine groups is 1. The molecule has 2 aromatic carbocycles. The first kappa shape index (κ1) is 19.0. The van der Waals surface area contributed by atoms with Crippen molar-refractivity contribution in [3.8, 4) is 0 Å². The molecule has 25 heavy (non-hydrogen) atoms. The van der Waals surface area contributed by atoms with E-state index in [0.29, 0.717) is 16.1 Å². The summed E-state index contributed by atoms with van der Waals surface area (Å²) in [6, 6.07) is 14.1. The molecule has 0 aromatic heterocycles. The Kier molecular flexibility index (Phi) is 5.85. The minimum absolute atomic E-state index is 0.268. The van der Waals surface area contributed by atoms with Gasteiger partial charge in [0, 0.05) is 5.56 Å². The lowest BCUT2D eigenvalue weighted by Crippen LogP contribution is -2.55. The molecule has 0 bridgehead atoms. The Hall–Kier alpha value is -2.33. The molecule has 0 aliphatic heterocycles. The molecule has 0 saturated heterocycles. The lowest BCUT2D eigenvalue weighted by Gasteiger charge is -2.35. The van der Waals surface area contributed by atoms with Crippen molar-refractivity contribution in [3.05, 3.63) is 70.2 Å². The number of nitrogens with zero attached hydrogens (tertiary/aromatic N) is 1. The molecule has 0 unspecified atom stereocenters. The number of aryl methyl sites for hydroxylation is 1. The van der Waals surface area contributed by atoms with Crippen molar-refractivity contribution in [1.29, 1.82) is 0 Å². The van der Waals surface area contributed by atoms with Crippen LogP contribution in [0.1, 0.15) is 54.0 Å². The third-order valence-electron chi connectivity index (χ3n) is 3.81. The fourth-order valence-electron chi connectivity index (χ4n) is 2.34. The van der Waals surface area contributed by atoms with E-state index in [0.717, 1.165) is 12.0 Å². The van der Waals surface area contributed by atoms with Gasteiger partial charge in [-0.15, -0.1) is 0 Å². The molecule has 0 aliphatic rings. The molecular formula is C20H23ClN2O2. The van der Waals surface area contributed by atoms with Crippen LogP contribution in [0.25, 0.3) is 0 Å². The molecule has 0 radical (unpaired) electrons. The van der Waals surface area contributed by atoms with E-state index in [9.17, 15) is 9.59 Å². The quantitative estimate of drug-likeness (QED) is 0.822. The van der Waals surface area contributed by atoms with Crippen LogP contribution in [0.15, 0.2) is 48.5 Å². The van der Waals surface area contributed by atoms with Gasteiger partial charge in [-0.05, 0) is 57.0 Å². The molecule has 0 atom stereocenters. The number of carbonyl (C=O) groups is 2. The first-order valence-electron chi connectivity index (χ1n) is 8.23. The number of benzene rings is 2. The number of hydrogen-bond acceptors (Lipinski definition) is 2. The molecule has 2 rings (SSSR count). The molecule has 0 heterocycles. The summed E-state index contributed by atoms with van der Waals surface area (Å²) >= 11 is 6.08. The Morgan fingerprint density at radius 1 is 1.04 bits per heavy atom. The van der Waals surface area contributed by atoms with Crippen LogP contribution in [0.4, 0.5) is 0 Å². The molecule has 0 fully saturated rings. The minimum Gasteiger partial charge on any atom is -0.267 e. The Labute approximate surface area is 153 Å². The third kappa shape index (κ3) is 4.60. The van der Waals surface area contributed by atoms with Crippen molar-refractivity contribution in [2.24, 2.45) is 0 Å². The number of amides is 2. The molecule has 5 heteroatoms. The van der Waals surface area contributed by atoms with E-state index in [4.69, 9.17) is 11.6 Å². The highest BCUT2D eigenvalue weighted by molar-refractivity contribution is 6.33. The smallest absolute Gasteiger partial charge is 0.267 e. The number of rotatable bonds is 3. The Bertz CT molecular complexity index is 764. The van der Waals surface area contributed by atoms with E-state index >= 15 is 0 Å². The molecule has 0 saturated carbocycles. The SMILES string of the molecule is CCc1ccc(C(=O)N(NC(=O)c2ccccc2Cl)C(C)(C)C)cc1. The van der Waals surface area contributed by atoms with Crippen molar-refractivity contribution in [2.75, 3.05) is 0 Å². The van der Waals surface area contributed by atoms with Gasteiger partial charge in [0.2, 0.25) is 0 Å². The monoisotopic (exact) mass is 358 g/mol. The van der Waals surface area contributed by atoms with Gasteiger partial charge in [-0.2, -0.15) is 0 Å². The van der Waals surface area contributed by atoms with Crippen molar-refractivity contribution in [1.82, 2.24) is 10.4 Å². The summed E-state index contributed by atoms with van der Waals surface area (Å²) in [5.41, 5.74) is 4.10. The van der Waals surface area contributed by atoms with E-state index in [-0.39, 0.29) is 5.91 Å². The van der Waals surface area contributed by atoms with E-state index in [1.54, 1.807) is 36.4 Å². The molecule has 1 N–H and O–H groups in total. The van der Waals surface area contributed by atoms with Crippen LogP contribution >= 0.6 is 11.6 Å². The highest BCUT2D eigenvalue weighted by Crippen LogP contribution is 2.19. The zero-order valence-electron chi connectivity index (χ0n) is 15.0. The third-order valence-corrected chi connectivity index (χ3v) is 4.14. The van der Waals surface area contributed by atoms with Crippen LogP contribution in [0.2, 0.25) is 5.02 Å². The van der Waals surface area contributed by atoms with E-state index in [1.807, 2.05) is 32.9 Å². The van der Waals surface area contributed by atoms with E-state index < -0.39 is 11.4 Å². The zero-order chi connectivity index (χ0) is 18.6.